The lowest BCUT2D eigenvalue weighted by atomic mass is 9.91. The maximum atomic E-state index is 8.56. The summed E-state index contributed by atoms with van der Waals surface area (Å²) in [5.41, 5.74) is 5.43. The van der Waals surface area contributed by atoms with Gasteiger partial charge in [-0.25, -0.2) is 0 Å². The second kappa shape index (κ2) is 5.20. The molecule has 0 aromatic heterocycles. The standard InChI is InChI=1S/C11H21N3O3/c1-16-9-2-5-17-11(6-9)3-4-14(8-11)7-10(12)13-15/h9,15H,2-8H2,1H3,(H2,12,13)/t9-,11+/m1/s1. The van der Waals surface area contributed by atoms with E-state index in [1.54, 1.807) is 7.11 Å². The fourth-order valence-corrected chi connectivity index (χ4v) is 2.79. The van der Waals surface area contributed by atoms with Crippen molar-refractivity contribution < 1.29 is 14.7 Å². The number of ether oxygens (including phenoxy) is 2. The van der Waals surface area contributed by atoms with E-state index in [4.69, 9.17) is 20.4 Å². The van der Waals surface area contributed by atoms with Gasteiger partial charge in [0.25, 0.3) is 0 Å². The van der Waals surface area contributed by atoms with Gasteiger partial charge < -0.3 is 20.4 Å². The largest absolute Gasteiger partial charge is 0.409 e. The van der Waals surface area contributed by atoms with Crippen molar-refractivity contribution in [1.82, 2.24) is 4.90 Å². The first-order chi connectivity index (χ1) is 8.17. The molecule has 2 atom stereocenters. The highest BCUT2D eigenvalue weighted by Crippen LogP contribution is 2.34. The van der Waals surface area contributed by atoms with E-state index in [0.29, 0.717) is 12.6 Å². The van der Waals surface area contributed by atoms with E-state index in [-0.39, 0.29) is 11.4 Å². The molecule has 6 nitrogen and oxygen atoms in total. The monoisotopic (exact) mass is 243 g/mol. The topological polar surface area (TPSA) is 80.3 Å². The van der Waals surface area contributed by atoms with Crippen LogP contribution in [0.5, 0.6) is 0 Å². The predicted molar refractivity (Wildman–Crippen MR) is 63.2 cm³/mol. The molecule has 2 rings (SSSR count). The minimum Gasteiger partial charge on any atom is -0.409 e. The maximum Gasteiger partial charge on any atom is 0.153 e. The summed E-state index contributed by atoms with van der Waals surface area (Å²) in [5.74, 6) is 0.251. The molecule has 2 aliphatic rings. The maximum absolute atomic E-state index is 8.56. The molecule has 3 N–H and O–H groups in total. The van der Waals surface area contributed by atoms with Crippen molar-refractivity contribution >= 4 is 5.84 Å². The van der Waals surface area contributed by atoms with Gasteiger partial charge in [0, 0.05) is 33.2 Å². The Hall–Kier alpha value is -0.850. The van der Waals surface area contributed by atoms with Crippen molar-refractivity contribution in [3.63, 3.8) is 0 Å². The third kappa shape index (κ3) is 2.88. The summed E-state index contributed by atoms with van der Waals surface area (Å²) in [7, 11) is 1.76. The number of rotatable bonds is 3. The summed E-state index contributed by atoms with van der Waals surface area (Å²) in [6.07, 6.45) is 3.20. The molecule has 0 radical (unpaired) electrons. The van der Waals surface area contributed by atoms with E-state index in [2.05, 4.69) is 10.1 Å². The van der Waals surface area contributed by atoms with Gasteiger partial charge >= 0.3 is 0 Å². The number of hydrogen-bond donors (Lipinski definition) is 2. The van der Waals surface area contributed by atoms with Crippen molar-refractivity contribution in [3.05, 3.63) is 0 Å². The molecule has 0 aromatic rings. The van der Waals surface area contributed by atoms with Crippen LogP contribution < -0.4 is 5.73 Å². The zero-order valence-corrected chi connectivity index (χ0v) is 10.3. The van der Waals surface area contributed by atoms with Gasteiger partial charge in [0.15, 0.2) is 5.84 Å². The Morgan fingerprint density at radius 1 is 1.71 bits per heavy atom. The number of amidine groups is 1. The summed E-state index contributed by atoms with van der Waals surface area (Å²) in [4.78, 5) is 2.16. The molecule has 98 valence electrons. The van der Waals surface area contributed by atoms with Crippen molar-refractivity contribution in [2.75, 3.05) is 33.4 Å². The molecule has 2 saturated heterocycles. The number of nitrogens with two attached hydrogens (primary N) is 1. The normalized spacial score (nSPS) is 35.6. The van der Waals surface area contributed by atoms with Crippen LogP contribution in [0.25, 0.3) is 0 Å². The van der Waals surface area contributed by atoms with Gasteiger partial charge in [0.05, 0.1) is 18.2 Å². The summed E-state index contributed by atoms with van der Waals surface area (Å²) in [6.45, 7) is 3.02. The van der Waals surface area contributed by atoms with Crippen LogP contribution in [0.3, 0.4) is 0 Å². The molecule has 0 bridgehead atoms. The second-order valence-corrected chi connectivity index (χ2v) is 4.93. The van der Waals surface area contributed by atoms with Gasteiger partial charge in [-0.05, 0) is 12.8 Å². The van der Waals surface area contributed by atoms with Crippen LogP contribution in [0.2, 0.25) is 0 Å². The Morgan fingerprint density at radius 2 is 2.53 bits per heavy atom. The fraction of sp³-hybridized carbons (Fsp3) is 0.909. The summed E-state index contributed by atoms with van der Waals surface area (Å²) < 4.78 is 11.4. The van der Waals surface area contributed by atoms with Gasteiger partial charge in [0.1, 0.15) is 0 Å². The number of nitrogens with zero attached hydrogens (tertiary/aromatic N) is 2. The molecule has 0 unspecified atom stereocenters. The summed E-state index contributed by atoms with van der Waals surface area (Å²) >= 11 is 0. The Labute approximate surface area is 101 Å². The van der Waals surface area contributed by atoms with Gasteiger partial charge in [-0.2, -0.15) is 0 Å². The minimum absolute atomic E-state index is 0.0886. The quantitative estimate of drug-likeness (QED) is 0.316. The van der Waals surface area contributed by atoms with Crippen LogP contribution in [-0.4, -0.2) is 61.0 Å². The Morgan fingerprint density at radius 3 is 3.24 bits per heavy atom. The Bertz CT molecular complexity index is 298. The van der Waals surface area contributed by atoms with E-state index >= 15 is 0 Å². The Kier molecular flexibility index (Phi) is 3.86. The van der Waals surface area contributed by atoms with Crippen LogP contribution >= 0.6 is 0 Å². The number of likely N-dealkylation sites (tertiary alicyclic amines) is 1. The molecule has 0 amide bonds. The highest BCUT2D eigenvalue weighted by molar-refractivity contribution is 5.81. The Balaban J connectivity index is 1.91. The molecular formula is C11H21N3O3. The molecular weight excluding hydrogens is 222 g/mol. The van der Waals surface area contributed by atoms with Crippen molar-refractivity contribution in [2.45, 2.75) is 31.0 Å². The third-order valence-corrected chi connectivity index (χ3v) is 3.69. The van der Waals surface area contributed by atoms with E-state index in [9.17, 15) is 0 Å². The molecule has 0 aliphatic carbocycles. The van der Waals surface area contributed by atoms with E-state index in [0.717, 1.165) is 39.0 Å². The fourth-order valence-electron chi connectivity index (χ4n) is 2.79. The molecule has 6 heteroatoms. The highest BCUT2D eigenvalue weighted by atomic mass is 16.5. The van der Waals surface area contributed by atoms with E-state index in [1.165, 1.54) is 0 Å². The zero-order valence-electron chi connectivity index (χ0n) is 10.3. The molecule has 2 heterocycles. The van der Waals surface area contributed by atoms with E-state index in [1.807, 2.05) is 0 Å². The van der Waals surface area contributed by atoms with Gasteiger partial charge in [0.2, 0.25) is 0 Å². The average molecular weight is 243 g/mol. The smallest absolute Gasteiger partial charge is 0.153 e. The molecule has 1 spiro atoms. The lowest BCUT2D eigenvalue weighted by Crippen LogP contribution is -2.45. The molecule has 0 saturated carbocycles. The van der Waals surface area contributed by atoms with Gasteiger partial charge in [-0.3, -0.25) is 4.90 Å². The highest BCUT2D eigenvalue weighted by Gasteiger charge is 2.43. The van der Waals surface area contributed by atoms with Crippen molar-refractivity contribution in [2.24, 2.45) is 10.9 Å². The third-order valence-electron chi connectivity index (χ3n) is 3.69. The van der Waals surface area contributed by atoms with Gasteiger partial charge in [-0.15, -0.1) is 0 Å². The number of hydrogen-bond acceptors (Lipinski definition) is 5. The minimum atomic E-state index is -0.0886. The molecule has 2 fully saturated rings. The average Bonchev–Trinajstić information content (AvgIpc) is 2.71. The first-order valence-electron chi connectivity index (χ1n) is 6.03. The SMILES string of the molecule is CO[C@@H]1CCO[C@@]2(CCN(CC(N)=NO)C2)C1. The van der Waals surface area contributed by atoms with Crippen molar-refractivity contribution in [3.8, 4) is 0 Å². The van der Waals surface area contributed by atoms with Gasteiger partial charge in [-0.1, -0.05) is 5.16 Å². The number of oxime groups is 1. The molecule has 17 heavy (non-hydrogen) atoms. The van der Waals surface area contributed by atoms with Crippen LogP contribution in [0.15, 0.2) is 5.16 Å². The first-order valence-corrected chi connectivity index (χ1v) is 6.03. The van der Waals surface area contributed by atoms with Crippen molar-refractivity contribution in [1.29, 1.82) is 0 Å². The first kappa shape index (κ1) is 12.6. The number of methoxy groups -OCH3 is 1. The predicted octanol–water partition coefficient (Wildman–Crippen LogP) is 0.00270. The zero-order chi connectivity index (χ0) is 12.3. The summed E-state index contributed by atoms with van der Waals surface area (Å²) in [5, 5.41) is 11.6. The second-order valence-electron chi connectivity index (χ2n) is 4.93. The molecule has 2 aliphatic heterocycles. The molecule has 0 aromatic carbocycles. The van der Waals surface area contributed by atoms with E-state index < -0.39 is 0 Å². The lowest BCUT2D eigenvalue weighted by molar-refractivity contribution is -0.119. The lowest BCUT2D eigenvalue weighted by Gasteiger charge is -2.37. The van der Waals surface area contributed by atoms with Crippen LogP contribution in [-0.2, 0) is 9.47 Å². The van der Waals surface area contributed by atoms with Crippen LogP contribution in [0.4, 0.5) is 0 Å². The van der Waals surface area contributed by atoms with Crippen LogP contribution in [0, 0.1) is 0 Å². The van der Waals surface area contributed by atoms with Crippen LogP contribution in [0.1, 0.15) is 19.3 Å². The summed E-state index contributed by atoms with van der Waals surface area (Å²) in [6, 6.07) is 0.